The van der Waals surface area contributed by atoms with Gasteiger partial charge in [-0.1, -0.05) is 33.6 Å². The van der Waals surface area contributed by atoms with Crippen LogP contribution in [-0.2, 0) is 13.1 Å². The van der Waals surface area contributed by atoms with Gasteiger partial charge in [-0.15, -0.1) is 24.0 Å². The standard InChI is InChI=1S/C16H31N5.HI/c1-5-7-8-9-19-16(17-6-2)20-12-15-18-10-11-21(15)13-14(3)4;/h10-11,14H,5-9,12-13H2,1-4H3,(H2,17,19,20);1H. The molecule has 0 fully saturated rings. The molecule has 0 saturated carbocycles. The van der Waals surface area contributed by atoms with Crippen molar-refractivity contribution in [1.29, 1.82) is 0 Å². The van der Waals surface area contributed by atoms with Crippen molar-refractivity contribution in [1.82, 2.24) is 20.2 Å². The van der Waals surface area contributed by atoms with Gasteiger partial charge in [-0.2, -0.15) is 0 Å². The molecule has 22 heavy (non-hydrogen) atoms. The molecule has 0 aliphatic carbocycles. The predicted molar refractivity (Wildman–Crippen MR) is 105 cm³/mol. The Labute approximate surface area is 152 Å². The summed E-state index contributed by atoms with van der Waals surface area (Å²) < 4.78 is 2.19. The van der Waals surface area contributed by atoms with Crippen molar-refractivity contribution in [2.45, 2.75) is 60.0 Å². The molecule has 0 amide bonds. The van der Waals surface area contributed by atoms with E-state index < -0.39 is 0 Å². The molecule has 0 aliphatic rings. The number of hydrogen-bond donors (Lipinski definition) is 2. The van der Waals surface area contributed by atoms with E-state index in [9.17, 15) is 0 Å². The van der Waals surface area contributed by atoms with E-state index in [2.05, 4.69) is 52.9 Å². The minimum Gasteiger partial charge on any atom is -0.357 e. The summed E-state index contributed by atoms with van der Waals surface area (Å²) in [5.41, 5.74) is 0. The van der Waals surface area contributed by atoms with Crippen LogP contribution < -0.4 is 10.6 Å². The van der Waals surface area contributed by atoms with E-state index in [0.717, 1.165) is 31.4 Å². The van der Waals surface area contributed by atoms with Crippen LogP contribution in [0.25, 0.3) is 0 Å². The summed E-state index contributed by atoms with van der Waals surface area (Å²) in [5.74, 6) is 2.52. The lowest BCUT2D eigenvalue weighted by Crippen LogP contribution is -2.37. The van der Waals surface area contributed by atoms with Crippen LogP contribution in [-0.4, -0.2) is 28.6 Å². The minimum absolute atomic E-state index is 0. The lowest BCUT2D eigenvalue weighted by molar-refractivity contribution is 0.507. The Hall–Kier alpha value is -0.790. The SMILES string of the molecule is CCCCCNC(=NCc1nccn1CC(C)C)NCC.I. The average Bonchev–Trinajstić information content (AvgIpc) is 2.87. The van der Waals surface area contributed by atoms with Gasteiger partial charge < -0.3 is 15.2 Å². The van der Waals surface area contributed by atoms with Gasteiger partial charge in [-0.05, 0) is 19.3 Å². The fourth-order valence-electron chi connectivity index (χ4n) is 2.12. The Kier molecular flexibility index (Phi) is 12.3. The van der Waals surface area contributed by atoms with Gasteiger partial charge in [0.15, 0.2) is 5.96 Å². The van der Waals surface area contributed by atoms with Gasteiger partial charge in [-0.25, -0.2) is 9.98 Å². The molecule has 0 atom stereocenters. The second-order valence-corrected chi connectivity index (χ2v) is 5.72. The lowest BCUT2D eigenvalue weighted by Gasteiger charge is -2.12. The minimum atomic E-state index is 0. The van der Waals surface area contributed by atoms with Crippen molar-refractivity contribution in [2.24, 2.45) is 10.9 Å². The topological polar surface area (TPSA) is 54.2 Å². The number of aromatic nitrogens is 2. The largest absolute Gasteiger partial charge is 0.357 e. The first-order valence-electron chi connectivity index (χ1n) is 8.19. The molecule has 1 rings (SSSR count). The monoisotopic (exact) mass is 421 g/mol. The molecule has 0 aliphatic heterocycles. The van der Waals surface area contributed by atoms with Gasteiger partial charge in [0.2, 0.25) is 0 Å². The highest BCUT2D eigenvalue weighted by molar-refractivity contribution is 14.0. The number of guanidine groups is 1. The smallest absolute Gasteiger partial charge is 0.191 e. The van der Waals surface area contributed by atoms with Gasteiger partial charge >= 0.3 is 0 Å². The highest BCUT2D eigenvalue weighted by Gasteiger charge is 2.04. The third kappa shape index (κ3) is 8.60. The van der Waals surface area contributed by atoms with E-state index >= 15 is 0 Å². The highest BCUT2D eigenvalue weighted by atomic mass is 127. The molecule has 6 heteroatoms. The molecular weight excluding hydrogens is 389 g/mol. The first-order valence-corrected chi connectivity index (χ1v) is 8.19. The van der Waals surface area contributed by atoms with Crippen molar-refractivity contribution in [3.8, 4) is 0 Å². The zero-order valence-corrected chi connectivity index (χ0v) is 16.8. The first-order chi connectivity index (χ1) is 10.2. The summed E-state index contributed by atoms with van der Waals surface area (Å²) >= 11 is 0. The van der Waals surface area contributed by atoms with Gasteiger partial charge in [0.05, 0.1) is 0 Å². The van der Waals surface area contributed by atoms with Crippen LogP contribution in [0.5, 0.6) is 0 Å². The molecule has 0 saturated heterocycles. The van der Waals surface area contributed by atoms with E-state index in [1.165, 1.54) is 19.3 Å². The molecule has 0 unspecified atom stereocenters. The molecule has 0 bridgehead atoms. The van der Waals surface area contributed by atoms with Crippen LogP contribution in [0.4, 0.5) is 0 Å². The lowest BCUT2D eigenvalue weighted by atomic mass is 10.2. The van der Waals surface area contributed by atoms with Crippen molar-refractivity contribution in [3.63, 3.8) is 0 Å². The Bertz CT molecular complexity index is 414. The van der Waals surface area contributed by atoms with Crippen LogP contribution in [0, 0.1) is 5.92 Å². The second-order valence-electron chi connectivity index (χ2n) is 5.72. The third-order valence-electron chi connectivity index (χ3n) is 3.16. The van der Waals surface area contributed by atoms with Crippen LogP contribution in [0.1, 0.15) is 52.8 Å². The van der Waals surface area contributed by atoms with Crippen LogP contribution >= 0.6 is 24.0 Å². The molecule has 0 radical (unpaired) electrons. The Morgan fingerprint density at radius 3 is 2.68 bits per heavy atom. The summed E-state index contributed by atoms with van der Waals surface area (Å²) in [6.07, 6.45) is 7.57. The quantitative estimate of drug-likeness (QED) is 0.278. The number of aliphatic imine (C=N–C) groups is 1. The van der Waals surface area contributed by atoms with E-state index in [0.29, 0.717) is 12.5 Å². The van der Waals surface area contributed by atoms with E-state index in [1.54, 1.807) is 0 Å². The van der Waals surface area contributed by atoms with Gasteiger partial charge in [0.1, 0.15) is 12.4 Å². The zero-order valence-electron chi connectivity index (χ0n) is 14.4. The molecular formula is C16H32IN5. The van der Waals surface area contributed by atoms with Crippen LogP contribution in [0.15, 0.2) is 17.4 Å². The molecule has 128 valence electrons. The van der Waals surface area contributed by atoms with E-state index in [-0.39, 0.29) is 24.0 Å². The number of halogens is 1. The molecule has 0 aromatic carbocycles. The summed E-state index contributed by atoms with van der Waals surface area (Å²) in [5, 5.41) is 6.66. The van der Waals surface area contributed by atoms with Crippen LogP contribution in [0.3, 0.4) is 0 Å². The summed E-state index contributed by atoms with van der Waals surface area (Å²) in [6, 6.07) is 0. The van der Waals surface area contributed by atoms with Crippen molar-refractivity contribution in [3.05, 3.63) is 18.2 Å². The summed E-state index contributed by atoms with van der Waals surface area (Å²) in [4.78, 5) is 9.04. The molecule has 1 aromatic heterocycles. The molecule has 2 N–H and O–H groups in total. The van der Waals surface area contributed by atoms with E-state index in [4.69, 9.17) is 0 Å². The summed E-state index contributed by atoms with van der Waals surface area (Å²) in [6.45, 7) is 12.2. The normalized spacial score (nSPS) is 11.4. The predicted octanol–water partition coefficient (Wildman–Crippen LogP) is 3.40. The highest BCUT2D eigenvalue weighted by Crippen LogP contribution is 2.04. The Morgan fingerprint density at radius 2 is 2.05 bits per heavy atom. The van der Waals surface area contributed by atoms with Crippen LogP contribution in [0.2, 0.25) is 0 Å². The van der Waals surface area contributed by atoms with Gasteiger partial charge in [0.25, 0.3) is 0 Å². The fourth-order valence-corrected chi connectivity index (χ4v) is 2.12. The fraction of sp³-hybridized carbons (Fsp3) is 0.750. The summed E-state index contributed by atoms with van der Waals surface area (Å²) in [7, 11) is 0. The molecule has 0 spiro atoms. The first kappa shape index (κ1) is 21.2. The number of nitrogens with one attached hydrogen (secondary N) is 2. The number of hydrogen-bond acceptors (Lipinski definition) is 2. The third-order valence-corrected chi connectivity index (χ3v) is 3.16. The number of imidazole rings is 1. The number of unbranched alkanes of at least 4 members (excludes halogenated alkanes) is 2. The molecule has 5 nitrogen and oxygen atoms in total. The van der Waals surface area contributed by atoms with Crippen molar-refractivity contribution < 1.29 is 0 Å². The van der Waals surface area contributed by atoms with Gasteiger partial charge in [0, 0.05) is 32.0 Å². The molecule has 1 aromatic rings. The number of nitrogens with zero attached hydrogens (tertiary/aromatic N) is 3. The maximum absolute atomic E-state index is 4.63. The average molecular weight is 421 g/mol. The Balaban J connectivity index is 0.00000441. The Morgan fingerprint density at radius 1 is 1.27 bits per heavy atom. The second kappa shape index (κ2) is 12.7. The zero-order chi connectivity index (χ0) is 15.5. The van der Waals surface area contributed by atoms with Gasteiger partial charge in [-0.3, -0.25) is 0 Å². The van der Waals surface area contributed by atoms with E-state index in [1.807, 2.05) is 12.4 Å². The maximum Gasteiger partial charge on any atom is 0.191 e. The number of rotatable bonds is 9. The van der Waals surface area contributed by atoms with Crippen molar-refractivity contribution in [2.75, 3.05) is 13.1 Å². The van der Waals surface area contributed by atoms with Crippen molar-refractivity contribution >= 4 is 29.9 Å². The molecule has 1 heterocycles. The maximum atomic E-state index is 4.63.